The number of nitrogens with zero attached hydrogens (tertiary/aromatic N) is 1. The maximum Gasteiger partial charge on any atom is 0.189 e. The van der Waals surface area contributed by atoms with Crippen molar-refractivity contribution in [2.24, 2.45) is 16.6 Å². The lowest BCUT2D eigenvalue weighted by Crippen LogP contribution is -2.35. The standard InChI is InChI=1S/C13H15Cl2N3/c1-6-10(5-11-12(6)18-13(16)17-11)7-2-8(14)4-9(15)3-7/h2-4,6,10-12H,5H2,1H3,(H3,16,17,18)/t6-,10-,11?,12?/m0/s1. The molecule has 1 aliphatic carbocycles. The topological polar surface area (TPSA) is 50.4 Å². The first-order valence-corrected chi connectivity index (χ1v) is 6.86. The lowest BCUT2D eigenvalue weighted by Gasteiger charge is -2.18. The zero-order valence-electron chi connectivity index (χ0n) is 10.0. The van der Waals surface area contributed by atoms with Crippen molar-refractivity contribution in [3.8, 4) is 0 Å². The number of nitrogens with one attached hydrogen (secondary N) is 1. The summed E-state index contributed by atoms with van der Waals surface area (Å²) in [6.07, 6.45) is 1.02. The molecule has 3 nitrogen and oxygen atoms in total. The lowest BCUT2D eigenvalue weighted by atomic mass is 9.89. The summed E-state index contributed by atoms with van der Waals surface area (Å²) in [6.45, 7) is 2.22. The molecule has 1 aromatic carbocycles. The molecular formula is C13H15Cl2N3. The van der Waals surface area contributed by atoms with Crippen LogP contribution in [0.25, 0.3) is 0 Å². The van der Waals surface area contributed by atoms with Crippen molar-refractivity contribution in [1.29, 1.82) is 0 Å². The molecule has 1 fully saturated rings. The third-order valence-electron chi connectivity index (χ3n) is 4.03. The Labute approximate surface area is 116 Å². The highest BCUT2D eigenvalue weighted by molar-refractivity contribution is 6.34. The van der Waals surface area contributed by atoms with Crippen molar-refractivity contribution >= 4 is 29.2 Å². The van der Waals surface area contributed by atoms with Gasteiger partial charge in [-0.25, -0.2) is 4.99 Å². The predicted molar refractivity (Wildman–Crippen MR) is 75.3 cm³/mol. The molecule has 3 rings (SSSR count). The Kier molecular flexibility index (Phi) is 2.91. The van der Waals surface area contributed by atoms with Crippen molar-refractivity contribution in [3.05, 3.63) is 33.8 Å². The summed E-state index contributed by atoms with van der Waals surface area (Å²) in [5.74, 6) is 1.44. The van der Waals surface area contributed by atoms with E-state index in [2.05, 4.69) is 17.2 Å². The number of benzene rings is 1. The van der Waals surface area contributed by atoms with Crippen molar-refractivity contribution in [2.45, 2.75) is 31.3 Å². The summed E-state index contributed by atoms with van der Waals surface area (Å²) in [5, 5.41) is 4.62. The van der Waals surface area contributed by atoms with Crippen LogP contribution in [-0.4, -0.2) is 18.0 Å². The fourth-order valence-corrected chi connectivity index (χ4v) is 3.74. The Morgan fingerprint density at radius 3 is 2.56 bits per heavy atom. The lowest BCUT2D eigenvalue weighted by molar-refractivity contribution is 0.476. The van der Waals surface area contributed by atoms with Gasteiger partial charge < -0.3 is 11.1 Å². The highest BCUT2D eigenvalue weighted by Crippen LogP contribution is 2.43. The maximum absolute atomic E-state index is 6.07. The van der Waals surface area contributed by atoms with Crippen molar-refractivity contribution in [1.82, 2.24) is 5.32 Å². The van der Waals surface area contributed by atoms with Crippen LogP contribution in [0.15, 0.2) is 23.2 Å². The van der Waals surface area contributed by atoms with E-state index in [9.17, 15) is 0 Å². The molecule has 0 spiro atoms. The van der Waals surface area contributed by atoms with E-state index in [1.165, 1.54) is 5.56 Å². The van der Waals surface area contributed by atoms with Gasteiger partial charge in [0.1, 0.15) is 0 Å². The van der Waals surface area contributed by atoms with Gasteiger partial charge in [0.2, 0.25) is 0 Å². The quantitative estimate of drug-likeness (QED) is 0.833. The Morgan fingerprint density at radius 2 is 1.94 bits per heavy atom. The van der Waals surface area contributed by atoms with Gasteiger partial charge in [0.05, 0.1) is 12.1 Å². The van der Waals surface area contributed by atoms with Crippen LogP contribution in [0, 0.1) is 5.92 Å². The Bertz CT molecular complexity index is 495. The number of hydrogen-bond donors (Lipinski definition) is 2. The second-order valence-corrected chi connectivity index (χ2v) is 6.03. The smallest absolute Gasteiger partial charge is 0.189 e. The molecule has 1 aliphatic heterocycles. The zero-order chi connectivity index (χ0) is 12.9. The number of aliphatic imine (C=N–C) groups is 1. The summed E-state index contributed by atoms with van der Waals surface area (Å²) < 4.78 is 0. The van der Waals surface area contributed by atoms with E-state index < -0.39 is 0 Å². The van der Waals surface area contributed by atoms with Gasteiger partial charge in [-0.2, -0.15) is 0 Å². The molecule has 3 N–H and O–H groups in total. The van der Waals surface area contributed by atoms with Crippen molar-refractivity contribution < 1.29 is 0 Å². The molecule has 2 aliphatic rings. The van der Waals surface area contributed by atoms with Gasteiger partial charge in [0.15, 0.2) is 5.96 Å². The number of hydrogen-bond acceptors (Lipinski definition) is 3. The van der Waals surface area contributed by atoms with Crippen LogP contribution in [-0.2, 0) is 0 Å². The molecule has 96 valence electrons. The van der Waals surface area contributed by atoms with Crippen LogP contribution in [0.5, 0.6) is 0 Å². The molecule has 18 heavy (non-hydrogen) atoms. The maximum atomic E-state index is 6.07. The molecule has 4 atom stereocenters. The fraction of sp³-hybridized carbons (Fsp3) is 0.462. The minimum atomic E-state index is 0.271. The Hall–Kier alpha value is -0.930. The van der Waals surface area contributed by atoms with Gasteiger partial charge in [-0.05, 0) is 42.0 Å². The van der Waals surface area contributed by atoms with Crippen molar-refractivity contribution in [2.75, 3.05) is 0 Å². The minimum absolute atomic E-state index is 0.271. The van der Waals surface area contributed by atoms with E-state index in [4.69, 9.17) is 28.9 Å². The van der Waals surface area contributed by atoms with Gasteiger partial charge >= 0.3 is 0 Å². The summed E-state index contributed by atoms with van der Waals surface area (Å²) in [4.78, 5) is 4.47. The first-order valence-electron chi connectivity index (χ1n) is 6.10. The first kappa shape index (κ1) is 12.1. The van der Waals surface area contributed by atoms with Gasteiger partial charge in [-0.15, -0.1) is 0 Å². The van der Waals surface area contributed by atoms with Gasteiger partial charge in [0, 0.05) is 10.0 Å². The molecule has 1 heterocycles. The highest BCUT2D eigenvalue weighted by Gasteiger charge is 2.44. The van der Waals surface area contributed by atoms with Crippen LogP contribution in [0.1, 0.15) is 24.8 Å². The van der Waals surface area contributed by atoms with Crippen LogP contribution in [0.4, 0.5) is 0 Å². The van der Waals surface area contributed by atoms with E-state index in [1.807, 2.05) is 12.1 Å². The predicted octanol–water partition coefficient (Wildman–Crippen LogP) is 2.77. The molecule has 1 aromatic rings. The van der Waals surface area contributed by atoms with E-state index in [-0.39, 0.29) is 6.04 Å². The third-order valence-corrected chi connectivity index (χ3v) is 4.46. The summed E-state index contributed by atoms with van der Waals surface area (Å²) in [5.41, 5.74) is 6.92. The molecule has 1 saturated carbocycles. The monoisotopic (exact) mass is 283 g/mol. The molecular weight excluding hydrogens is 269 g/mol. The Morgan fingerprint density at radius 1 is 1.28 bits per heavy atom. The number of fused-ring (bicyclic) bond motifs is 1. The van der Waals surface area contributed by atoms with Gasteiger partial charge in [-0.3, -0.25) is 0 Å². The number of nitrogens with two attached hydrogens (primary N) is 1. The van der Waals surface area contributed by atoms with E-state index in [0.717, 1.165) is 6.42 Å². The zero-order valence-corrected chi connectivity index (χ0v) is 11.5. The highest BCUT2D eigenvalue weighted by atomic mass is 35.5. The van der Waals surface area contributed by atoms with Crippen LogP contribution >= 0.6 is 23.2 Å². The van der Waals surface area contributed by atoms with E-state index in [1.54, 1.807) is 6.07 Å². The van der Waals surface area contributed by atoms with E-state index in [0.29, 0.717) is 33.9 Å². The molecule has 0 saturated heterocycles. The molecule has 0 amide bonds. The molecule has 2 unspecified atom stereocenters. The van der Waals surface area contributed by atoms with Gasteiger partial charge in [0.25, 0.3) is 0 Å². The first-order chi connectivity index (χ1) is 8.54. The average molecular weight is 284 g/mol. The number of guanidine groups is 1. The molecule has 0 aromatic heterocycles. The van der Waals surface area contributed by atoms with Crippen LogP contribution in [0.2, 0.25) is 10.0 Å². The summed E-state index contributed by atoms with van der Waals surface area (Å²) in [6, 6.07) is 6.39. The second kappa shape index (κ2) is 4.32. The summed E-state index contributed by atoms with van der Waals surface area (Å²) in [7, 11) is 0. The molecule has 0 radical (unpaired) electrons. The second-order valence-electron chi connectivity index (χ2n) is 5.16. The largest absolute Gasteiger partial charge is 0.370 e. The van der Waals surface area contributed by atoms with Crippen LogP contribution in [0.3, 0.4) is 0 Å². The summed E-state index contributed by atoms with van der Waals surface area (Å²) >= 11 is 12.1. The third kappa shape index (κ3) is 1.95. The SMILES string of the molecule is C[C@@H]1C2N=C(N)NC2C[C@@H]1c1cc(Cl)cc(Cl)c1. The number of halogens is 2. The normalized spacial score (nSPS) is 34.1. The minimum Gasteiger partial charge on any atom is -0.370 e. The average Bonchev–Trinajstić information content (AvgIpc) is 2.76. The fourth-order valence-electron chi connectivity index (χ4n) is 3.20. The molecule has 5 heteroatoms. The van der Waals surface area contributed by atoms with E-state index >= 15 is 0 Å². The number of rotatable bonds is 1. The van der Waals surface area contributed by atoms with Crippen molar-refractivity contribution in [3.63, 3.8) is 0 Å². The van der Waals surface area contributed by atoms with Crippen LogP contribution < -0.4 is 11.1 Å². The van der Waals surface area contributed by atoms with Gasteiger partial charge in [-0.1, -0.05) is 30.1 Å². The molecule has 0 bridgehead atoms. The Balaban J connectivity index is 1.90.